The third-order valence-corrected chi connectivity index (χ3v) is 13.5. The second kappa shape index (κ2) is 13.6. The van der Waals surface area contributed by atoms with Gasteiger partial charge in [0.2, 0.25) is 0 Å². The number of furan rings is 1. The lowest BCUT2D eigenvalue weighted by Crippen LogP contribution is -2.16. The highest BCUT2D eigenvalue weighted by Gasteiger charge is 2.35. The first kappa shape index (κ1) is 35.2. The largest absolute Gasteiger partial charge is 0.455 e. The minimum Gasteiger partial charge on any atom is -0.455 e. The number of thiophene rings is 1. The predicted octanol–water partition coefficient (Wildman–Crippen LogP) is 16.7. The number of nitrogens with zero attached hydrogens (tertiary/aromatic N) is 1. The minimum absolute atomic E-state index is 0.125. The van der Waals surface area contributed by atoms with Gasteiger partial charge < -0.3 is 9.32 Å². The molecule has 1 aliphatic carbocycles. The van der Waals surface area contributed by atoms with Gasteiger partial charge in [-0.15, -0.1) is 11.3 Å². The highest BCUT2D eigenvalue weighted by molar-refractivity contribution is 7.25. The average molecular weight is 776 g/mol. The molecule has 8 aromatic carbocycles. The molecule has 282 valence electrons. The molecule has 0 radical (unpaired) electrons. The monoisotopic (exact) mass is 775 g/mol. The zero-order valence-corrected chi connectivity index (χ0v) is 34.1. The molecule has 2 aromatic heterocycles. The number of rotatable bonds is 7. The summed E-state index contributed by atoms with van der Waals surface area (Å²) in [5.41, 5.74) is 17.1. The number of allylic oxidation sites excluding steroid dienone is 1. The van der Waals surface area contributed by atoms with E-state index in [2.05, 4.69) is 201 Å². The van der Waals surface area contributed by atoms with Crippen molar-refractivity contribution in [2.45, 2.75) is 26.2 Å². The maximum absolute atomic E-state index is 6.60. The fraction of sp³-hybridized carbons (Fsp3) is 0.0714. The molecule has 2 heterocycles. The molecule has 0 unspecified atom stereocenters. The molecule has 0 atom stereocenters. The third-order valence-electron chi connectivity index (χ3n) is 12.4. The average Bonchev–Trinajstić information content (AvgIpc) is 3.91. The van der Waals surface area contributed by atoms with Gasteiger partial charge in [-0.2, -0.15) is 0 Å². The van der Waals surface area contributed by atoms with E-state index in [0.29, 0.717) is 0 Å². The molecule has 0 aliphatic heterocycles. The number of fused-ring (bicyclic) bond motifs is 9. The van der Waals surface area contributed by atoms with Gasteiger partial charge in [0.25, 0.3) is 0 Å². The number of hydrogen-bond donors (Lipinski definition) is 0. The first-order valence-electron chi connectivity index (χ1n) is 20.3. The fourth-order valence-corrected chi connectivity index (χ4v) is 10.6. The summed E-state index contributed by atoms with van der Waals surface area (Å²) < 4.78 is 9.24. The molecule has 0 spiro atoms. The van der Waals surface area contributed by atoms with E-state index in [-0.39, 0.29) is 5.41 Å². The van der Waals surface area contributed by atoms with Gasteiger partial charge >= 0.3 is 0 Å². The van der Waals surface area contributed by atoms with Crippen LogP contribution in [0.2, 0.25) is 0 Å². The lowest BCUT2D eigenvalue weighted by Gasteiger charge is -2.28. The van der Waals surface area contributed by atoms with Gasteiger partial charge in [-0.25, -0.2) is 0 Å². The summed E-state index contributed by atoms with van der Waals surface area (Å²) in [5.74, 6) is 0. The maximum atomic E-state index is 6.60. The van der Waals surface area contributed by atoms with Crippen LogP contribution in [0.5, 0.6) is 0 Å². The van der Waals surface area contributed by atoms with E-state index in [0.717, 1.165) is 61.3 Å². The van der Waals surface area contributed by atoms with Gasteiger partial charge in [0.1, 0.15) is 11.2 Å². The van der Waals surface area contributed by atoms with E-state index < -0.39 is 0 Å². The molecule has 59 heavy (non-hydrogen) atoms. The van der Waals surface area contributed by atoms with Crippen LogP contribution in [-0.2, 0) is 5.41 Å². The Morgan fingerprint density at radius 2 is 1.27 bits per heavy atom. The molecule has 3 heteroatoms. The maximum Gasteiger partial charge on any atom is 0.143 e. The summed E-state index contributed by atoms with van der Waals surface area (Å²) in [5, 5.41) is 4.84. The van der Waals surface area contributed by atoms with E-state index in [1.165, 1.54) is 53.6 Å². The lowest BCUT2D eigenvalue weighted by atomic mass is 9.82. The molecule has 0 fully saturated rings. The van der Waals surface area contributed by atoms with Crippen LogP contribution in [0.1, 0.15) is 43.0 Å². The molecule has 2 nitrogen and oxygen atoms in total. The summed E-state index contributed by atoms with van der Waals surface area (Å²) in [4.78, 5) is 2.41. The van der Waals surface area contributed by atoms with Crippen LogP contribution in [0.25, 0.3) is 87.6 Å². The SMILES string of the molecule is C=Cc1c(/C=C\C)ccc2c1oc1cccc(-c3cccc(N(c4ccc(-c5ccc6c(c5)sc5ccccc56)cc4)c4ccc5c(c4)C(C)(C)c4ccccc4-5)c3)c12. The molecular formula is C56H41NOS. The van der Waals surface area contributed by atoms with Gasteiger partial charge in [0.05, 0.1) is 0 Å². The van der Waals surface area contributed by atoms with Crippen molar-refractivity contribution in [3.8, 4) is 33.4 Å². The van der Waals surface area contributed by atoms with Crippen LogP contribution in [-0.4, -0.2) is 0 Å². The molecule has 0 bridgehead atoms. The van der Waals surface area contributed by atoms with E-state index in [1.807, 2.05) is 24.3 Å². The Morgan fingerprint density at radius 1 is 0.559 bits per heavy atom. The Kier molecular flexibility index (Phi) is 8.11. The Morgan fingerprint density at radius 3 is 2.14 bits per heavy atom. The van der Waals surface area contributed by atoms with Crippen molar-refractivity contribution in [1.29, 1.82) is 0 Å². The number of anilines is 3. The van der Waals surface area contributed by atoms with Crippen molar-refractivity contribution < 1.29 is 4.42 Å². The van der Waals surface area contributed by atoms with Crippen molar-refractivity contribution in [1.82, 2.24) is 0 Å². The summed E-state index contributed by atoms with van der Waals surface area (Å²) in [6.07, 6.45) is 6.07. The van der Waals surface area contributed by atoms with Crippen LogP contribution in [0.3, 0.4) is 0 Å². The second-order valence-corrected chi connectivity index (χ2v) is 17.2. The van der Waals surface area contributed by atoms with Crippen LogP contribution in [0.15, 0.2) is 181 Å². The van der Waals surface area contributed by atoms with Crippen molar-refractivity contribution in [3.63, 3.8) is 0 Å². The van der Waals surface area contributed by atoms with E-state index in [1.54, 1.807) is 0 Å². The molecule has 1 aliphatic rings. The van der Waals surface area contributed by atoms with E-state index >= 15 is 0 Å². The third kappa shape index (κ3) is 5.53. The number of hydrogen-bond acceptors (Lipinski definition) is 3. The predicted molar refractivity (Wildman–Crippen MR) is 255 cm³/mol. The Hall–Kier alpha value is -6.94. The number of benzene rings is 8. The normalized spacial score (nSPS) is 13.1. The van der Waals surface area contributed by atoms with Gasteiger partial charge in [-0.05, 0) is 118 Å². The smallest absolute Gasteiger partial charge is 0.143 e. The molecular weight excluding hydrogens is 735 g/mol. The fourth-order valence-electron chi connectivity index (χ4n) is 9.50. The summed E-state index contributed by atoms with van der Waals surface area (Å²) in [6, 6.07) is 60.2. The Labute approximate surface area is 348 Å². The summed E-state index contributed by atoms with van der Waals surface area (Å²) in [7, 11) is 0. The zero-order chi connectivity index (χ0) is 39.8. The van der Waals surface area contributed by atoms with Gasteiger partial charge in [0, 0.05) is 59.0 Å². The van der Waals surface area contributed by atoms with E-state index in [9.17, 15) is 0 Å². The second-order valence-electron chi connectivity index (χ2n) is 16.1. The van der Waals surface area contributed by atoms with Gasteiger partial charge in [0.15, 0.2) is 0 Å². The molecule has 11 rings (SSSR count). The molecule has 0 saturated carbocycles. The zero-order valence-electron chi connectivity index (χ0n) is 33.3. The highest BCUT2D eigenvalue weighted by atomic mass is 32.1. The topological polar surface area (TPSA) is 16.4 Å². The summed E-state index contributed by atoms with van der Waals surface area (Å²) in [6.45, 7) is 10.9. The first-order chi connectivity index (χ1) is 28.9. The molecule has 0 saturated heterocycles. The first-order valence-corrected chi connectivity index (χ1v) is 21.1. The molecule has 10 aromatic rings. The molecule has 0 N–H and O–H groups in total. The van der Waals surface area contributed by atoms with Crippen LogP contribution in [0, 0.1) is 0 Å². The van der Waals surface area contributed by atoms with Crippen molar-refractivity contribution in [2.24, 2.45) is 0 Å². The standard InChI is InChI=1S/C56H41NOS/c1-5-13-36-24-30-48-54-43(18-12-20-51(54)58-55(48)42(36)6-2)38-14-11-15-40(32-38)57(41-28-31-45-44-16-7-9-19-49(44)56(3,4)50(45)34-41)39-26-22-35(23-27-39)37-25-29-47-46-17-8-10-21-52(46)59-53(47)33-37/h5-34H,2H2,1,3-4H3/b13-5-. The van der Waals surface area contributed by atoms with E-state index in [4.69, 9.17) is 4.42 Å². The van der Waals surface area contributed by atoms with Crippen LogP contribution in [0.4, 0.5) is 17.1 Å². The van der Waals surface area contributed by atoms with Gasteiger partial charge in [-0.3, -0.25) is 0 Å². The van der Waals surface area contributed by atoms with Crippen LogP contribution >= 0.6 is 11.3 Å². The van der Waals surface area contributed by atoms with Crippen molar-refractivity contribution >= 4 is 82.7 Å². The Balaban J connectivity index is 1.06. The van der Waals surface area contributed by atoms with Gasteiger partial charge in [-0.1, -0.05) is 142 Å². The lowest BCUT2D eigenvalue weighted by molar-refractivity contribution is 0.660. The van der Waals surface area contributed by atoms with Crippen molar-refractivity contribution in [3.05, 3.63) is 199 Å². The molecule has 0 amide bonds. The Bertz CT molecular complexity index is 3340. The minimum atomic E-state index is -0.125. The van der Waals surface area contributed by atoms with Crippen LogP contribution < -0.4 is 4.90 Å². The van der Waals surface area contributed by atoms with Crippen molar-refractivity contribution in [2.75, 3.05) is 4.90 Å². The quantitative estimate of drug-likeness (QED) is 0.160. The highest BCUT2D eigenvalue weighted by Crippen LogP contribution is 2.51. The summed E-state index contributed by atoms with van der Waals surface area (Å²) >= 11 is 1.86.